The molecule has 3 saturated carbocycles. The van der Waals surface area contributed by atoms with Crippen LogP contribution in [0.4, 0.5) is 0 Å². The third-order valence-corrected chi connectivity index (χ3v) is 3.77. The lowest BCUT2D eigenvalue weighted by Gasteiger charge is -2.26. The monoisotopic (exact) mass is 122 g/mol. The molecule has 0 amide bonds. The van der Waals surface area contributed by atoms with Gasteiger partial charge in [0, 0.05) is 0 Å². The minimum atomic E-state index is 0.991. The molecule has 3 aliphatic rings. The van der Waals surface area contributed by atoms with Gasteiger partial charge < -0.3 is 0 Å². The van der Waals surface area contributed by atoms with Gasteiger partial charge in [0.25, 0.3) is 0 Å². The molecule has 0 aromatic carbocycles. The van der Waals surface area contributed by atoms with Crippen LogP contribution in [0.15, 0.2) is 0 Å². The van der Waals surface area contributed by atoms with E-state index in [4.69, 9.17) is 0 Å². The number of hydrogen-bond acceptors (Lipinski definition) is 0. The first-order valence-electron chi connectivity index (χ1n) is 4.39. The predicted molar refractivity (Wildman–Crippen MR) is 37.1 cm³/mol. The molecule has 0 nitrogen and oxygen atoms in total. The second-order valence-electron chi connectivity index (χ2n) is 4.47. The highest BCUT2D eigenvalue weighted by Crippen LogP contribution is 2.78. The third kappa shape index (κ3) is 0.544. The fourth-order valence-corrected chi connectivity index (χ4v) is 2.41. The molecular weight excluding hydrogens is 108 g/mol. The second kappa shape index (κ2) is 1.21. The summed E-state index contributed by atoms with van der Waals surface area (Å²) in [6.07, 6.45) is 9.51. The zero-order valence-corrected chi connectivity index (χ0v) is 5.90. The SMILES string of the molecule is C1CC(CC23CC2C3)C1. The van der Waals surface area contributed by atoms with Crippen molar-refractivity contribution in [1.82, 2.24) is 0 Å². The van der Waals surface area contributed by atoms with Crippen LogP contribution >= 0.6 is 0 Å². The molecule has 3 aliphatic carbocycles. The van der Waals surface area contributed by atoms with E-state index in [-0.39, 0.29) is 0 Å². The summed E-state index contributed by atoms with van der Waals surface area (Å²) in [5.74, 6) is 2.41. The Labute approximate surface area is 56.6 Å². The van der Waals surface area contributed by atoms with E-state index in [0.717, 1.165) is 5.41 Å². The summed E-state index contributed by atoms with van der Waals surface area (Å²) in [6.45, 7) is 0. The van der Waals surface area contributed by atoms with Crippen LogP contribution in [0.2, 0.25) is 0 Å². The predicted octanol–water partition coefficient (Wildman–Crippen LogP) is 2.59. The zero-order chi connectivity index (χ0) is 5.90. The molecule has 0 unspecified atom stereocenters. The van der Waals surface area contributed by atoms with Crippen molar-refractivity contribution < 1.29 is 0 Å². The van der Waals surface area contributed by atoms with E-state index >= 15 is 0 Å². The summed E-state index contributed by atoms with van der Waals surface area (Å²) in [5.41, 5.74) is 0.991. The average Bonchev–Trinajstić information content (AvgIpc) is 2.38. The summed E-state index contributed by atoms with van der Waals surface area (Å²) in [5, 5.41) is 0. The van der Waals surface area contributed by atoms with Crippen molar-refractivity contribution in [2.45, 2.75) is 38.5 Å². The molecule has 3 rings (SSSR count). The number of rotatable bonds is 2. The summed E-state index contributed by atoms with van der Waals surface area (Å²) in [7, 11) is 0. The Bertz CT molecular complexity index is 138. The Morgan fingerprint density at radius 1 is 1.22 bits per heavy atom. The van der Waals surface area contributed by atoms with Crippen molar-refractivity contribution in [1.29, 1.82) is 0 Å². The van der Waals surface area contributed by atoms with Crippen LogP contribution in [0.3, 0.4) is 0 Å². The maximum absolute atomic E-state index is 1.62. The van der Waals surface area contributed by atoms with Gasteiger partial charge in [-0.1, -0.05) is 19.3 Å². The van der Waals surface area contributed by atoms with Gasteiger partial charge >= 0.3 is 0 Å². The molecule has 0 heterocycles. The van der Waals surface area contributed by atoms with Gasteiger partial charge in [-0.25, -0.2) is 0 Å². The topological polar surface area (TPSA) is 0 Å². The molecule has 0 aliphatic heterocycles. The van der Waals surface area contributed by atoms with Gasteiger partial charge in [0.2, 0.25) is 0 Å². The van der Waals surface area contributed by atoms with Gasteiger partial charge in [-0.2, -0.15) is 0 Å². The van der Waals surface area contributed by atoms with Crippen molar-refractivity contribution >= 4 is 0 Å². The Morgan fingerprint density at radius 3 is 2.22 bits per heavy atom. The second-order valence-corrected chi connectivity index (χ2v) is 4.47. The zero-order valence-electron chi connectivity index (χ0n) is 5.90. The fourth-order valence-electron chi connectivity index (χ4n) is 2.41. The van der Waals surface area contributed by atoms with Crippen LogP contribution in [0, 0.1) is 17.3 Å². The Kier molecular flexibility index (Phi) is 0.640. The molecule has 0 radical (unpaired) electrons. The minimum absolute atomic E-state index is 0.991. The van der Waals surface area contributed by atoms with E-state index in [0.29, 0.717) is 0 Å². The van der Waals surface area contributed by atoms with Gasteiger partial charge in [0.05, 0.1) is 0 Å². The van der Waals surface area contributed by atoms with Gasteiger partial charge in [-0.3, -0.25) is 0 Å². The highest BCUT2D eigenvalue weighted by atomic mass is 14.7. The van der Waals surface area contributed by atoms with Gasteiger partial charge in [-0.15, -0.1) is 0 Å². The molecule has 0 aromatic rings. The van der Waals surface area contributed by atoms with Crippen molar-refractivity contribution in [3.63, 3.8) is 0 Å². The smallest absolute Gasteiger partial charge is 0.0260 e. The highest BCUT2D eigenvalue weighted by molar-refractivity contribution is 5.18. The molecule has 3 fully saturated rings. The highest BCUT2D eigenvalue weighted by Gasteiger charge is 2.69. The molecule has 0 bridgehead atoms. The summed E-state index contributed by atoms with van der Waals surface area (Å²) >= 11 is 0. The Balaban J connectivity index is 1.59. The first kappa shape index (κ1) is 4.76. The maximum Gasteiger partial charge on any atom is -0.0260 e. The van der Waals surface area contributed by atoms with E-state index in [9.17, 15) is 0 Å². The molecular formula is C9H14. The Hall–Kier alpha value is 0. The molecule has 0 heteroatoms. The molecule has 50 valence electrons. The fraction of sp³-hybridized carbons (Fsp3) is 1.00. The molecule has 0 N–H and O–H groups in total. The summed E-state index contributed by atoms with van der Waals surface area (Å²) in [6, 6.07) is 0. The van der Waals surface area contributed by atoms with E-state index in [2.05, 4.69) is 0 Å². The molecule has 0 spiro atoms. The van der Waals surface area contributed by atoms with Crippen LogP contribution in [0.25, 0.3) is 0 Å². The maximum atomic E-state index is 1.62. The van der Waals surface area contributed by atoms with Crippen molar-refractivity contribution in [3.05, 3.63) is 0 Å². The average molecular weight is 122 g/mol. The lowest BCUT2D eigenvalue weighted by molar-refractivity contribution is 0.263. The van der Waals surface area contributed by atoms with Gasteiger partial charge in [0.15, 0.2) is 0 Å². The first-order chi connectivity index (χ1) is 4.39. The van der Waals surface area contributed by atoms with Crippen LogP contribution in [0.1, 0.15) is 38.5 Å². The van der Waals surface area contributed by atoms with Crippen LogP contribution < -0.4 is 0 Å². The minimum Gasteiger partial charge on any atom is -0.0528 e. The lowest BCUT2D eigenvalue weighted by Crippen LogP contribution is -2.12. The third-order valence-electron chi connectivity index (χ3n) is 3.77. The normalized spacial score (nSPS) is 54.0. The van der Waals surface area contributed by atoms with Gasteiger partial charge in [0.1, 0.15) is 0 Å². The first-order valence-corrected chi connectivity index (χ1v) is 4.39. The quantitative estimate of drug-likeness (QED) is 0.528. The molecule has 9 heavy (non-hydrogen) atoms. The van der Waals surface area contributed by atoms with Crippen molar-refractivity contribution in [2.24, 2.45) is 17.3 Å². The molecule has 0 aromatic heterocycles. The van der Waals surface area contributed by atoms with E-state index in [1.165, 1.54) is 18.3 Å². The largest absolute Gasteiger partial charge is 0.0528 e. The molecule has 0 atom stereocenters. The van der Waals surface area contributed by atoms with Crippen molar-refractivity contribution in [3.8, 4) is 0 Å². The molecule has 0 saturated heterocycles. The van der Waals surface area contributed by atoms with E-state index < -0.39 is 0 Å². The standard InChI is InChI=1S/C9H14/c1-2-7(3-1)4-9-5-8(9)6-9/h7-8H,1-6H2. The lowest BCUT2D eigenvalue weighted by atomic mass is 9.80. The van der Waals surface area contributed by atoms with E-state index in [1.807, 2.05) is 0 Å². The van der Waals surface area contributed by atoms with Crippen molar-refractivity contribution in [2.75, 3.05) is 0 Å². The van der Waals surface area contributed by atoms with E-state index in [1.54, 1.807) is 32.1 Å². The number of hydrogen-bond donors (Lipinski definition) is 0. The summed E-state index contributed by atoms with van der Waals surface area (Å²) < 4.78 is 0. The Morgan fingerprint density at radius 2 is 1.89 bits per heavy atom. The van der Waals surface area contributed by atoms with Crippen LogP contribution in [0.5, 0.6) is 0 Å². The van der Waals surface area contributed by atoms with Gasteiger partial charge in [-0.05, 0) is 36.5 Å². The summed E-state index contributed by atoms with van der Waals surface area (Å²) in [4.78, 5) is 0. The van der Waals surface area contributed by atoms with Crippen LogP contribution in [-0.4, -0.2) is 0 Å². The van der Waals surface area contributed by atoms with Crippen LogP contribution in [-0.2, 0) is 0 Å². The number of fused-ring (bicyclic) bond motifs is 1.